The first-order valence-electron chi connectivity index (χ1n) is 8.28. The SMILES string of the molecule is CCOc1ccc(CN[C@@H]2CCS(=O)(=O)c3ccccc32)cc1C. The third kappa shape index (κ3) is 3.47. The Labute approximate surface area is 143 Å². The highest BCUT2D eigenvalue weighted by atomic mass is 32.2. The van der Waals surface area contributed by atoms with Gasteiger partial charge < -0.3 is 10.1 Å². The maximum absolute atomic E-state index is 12.2. The van der Waals surface area contributed by atoms with Gasteiger partial charge in [0.2, 0.25) is 0 Å². The van der Waals surface area contributed by atoms with Crippen LogP contribution in [0.1, 0.15) is 36.1 Å². The molecular formula is C19H23NO3S. The summed E-state index contributed by atoms with van der Waals surface area (Å²) in [6, 6.07) is 13.5. The number of hydrogen-bond acceptors (Lipinski definition) is 4. The summed E-state index contributed by atoms with van der Waals surface area (Å²) in [4.78, 5) is 0.469. The maximum atomic E-state index is 12.2. The van der Waals surface area contributed by atoms with Crippen molar-refractivity contribution in [2.75, 3.05) is 12.4 Å². The molecule has 0 unspecified atom stereocenters. The predicted octanol–water partition coefficient (Wildman–Crippen LogP) is 3.40. The van der Waals surface area contributed by atoms with E-state index in [0.717, 1.165) is 16.9 Å². The van der Waals surface area contributed by atoms with Crippen molar-refractivity contribution < 1.29 is 13.2 Å². The molecule has 2 aromatic carbocycles. The molecule has 0 amide bonds. The number of sulfone groups is 1. The summed E-state index contributed by atoms with van der Waals surface area (Å²) >= 11 is 0. The summed E-state index contributed by atoms with van der Waals surface area (Å²) in [5, 5.41) is 3.51. The van der Waals surface area contributed by atoms with E-state index < -0.39 is 9.84 Å². The molecular weight excluding hydrogens is 322 g/mol. The molecule has 0 saturated carbocycles. The highest BCUT2D eigenvalue weighted by Crippen LogP contribution is 2.32. The summed E-state index contributed by atoms with van der Waals surface area (Å²) in [6.07, 6.45) is 0.607. The molecule has 0 radical (unpaired) electrons. The number of benzene rings is 2. The molecule has 4 nitrogen and oxygen atoms in total. The lowest BCUT2D eigenvalue weighted by Gasteiger charge is -2.26. The largest absolute Gasteiger partial charge is 0.494 e. The average molecular weight is 345 g/mol. The zero-order valence-electron chi connectivity index (χ0n) is 14.1. The highest BCUT2D eigenvalue weighted by Gasteiger charge is 2.29. The fourth-order valence-electron chi connectivity index (χ4n) is 3.18. The zero-order chi connectivity index (χ0) is 17.2. The fourth-order valence-corrected chi connectivity index (χ4v) is 4.80. The van der Waals surface area contributed by atoms with E-state index in [1.807, 2.05) is 32.0 Å². The second-order valence-electron chi connectivity index (χ2n) is 6.11. The molecule has 1 aliphatic rings. The number of rotatable bonds is 5. The van der Waals surface area contributed by atoms with Gasteiger partial charge in [0.1, 0.15) is 5.75 Å². The van der Waals surface area contributed by atoms with E-state index in [1.54, 1.807) is 12.1 Å². The predicted molar refractivity (Wildman–Crippen MR) is 95.0 cm³/mol. The average Bonchev–Trinajstić information content (AvgIpc) is 2.57. The van der Waals surface area contributed by atoms with Crippen molar-refractivity contribution in [3.05, 3.63) is 59.2 Å². The second-order valence-corrected chi connectivity index (χ2v) is 8.19. The Morgan fingerprint density at radius 1 is 1.21 bits per heavy atom. The summed E-state index contributed by atoms with van der Waals surface area (Å²) in [7, 11) is -3.13. The summed E-state index contributed by atoms with van der Waals surface area (Å²) in [6.45, 7) is 5.37. The molecule has 128 valence electrons. The molecule has 0 fully saturated rings. The molecule has 1 N–H and O–H groups in total. The van der Waals surface area contributed by atoms with E-state index in [1.165, 1.54) is 5.56 Å². The van der Waals surface area contributed by atoms with Crippen molar-refractivity contribution in [1.29, 1.82) is 0 Å². The Balaban J connectivity index is 1.75. The lowest BCUT2D eigenvalue weighted by Crippen LogP contribution is -2.29. The molecule has 24 heavy (non-hydrogen) atoms. The molecule has 1 aliphatic heterocycles. The van der Waals surface area contributed by atoms with Crippen LogP contribution in [0.3, 0.4) is 0 Å². The smallest absolute Gasteiger partial charge is 0.178 e. The van der Waals surface area contributed by atoms with E-state index in [4.69, 9.17) is 4.74 Å². The second kappa shape index (κ2) is 6.95. The molecule has 0 saturated heterocycles. The Morgan fingerprint density at radius 3 is 2.75 bits per heavy atom. The lowest BCUT2D eigenvalue weighted by atomic mass is 10.0. The minimum absolute atomic E-state index is 0.0663. The Kier molecular flexibility index (Phi) is 4.92. The van der Waals surface area contributed by atoms with E-state index in [0.29, 0.717) is 24.5 Å². The summed E-state index contributed by atoms with van der Waals surface area (Å²) in [5.41, 5.74) is 3.16. The molecule has 1 atom stereocenters. The van der Waals surface area contributed by atoms with Gasteiger partial charge in [-0.25, -0.2) is 8.42 Å². The number of aryl methyl sites for hydroxylation is 1. The molecule has 0 aliphatic carbocycles. The van der Waals surface area contributed by atoms with Crippen LogP contribution in [0.15, 0.2) is 47.4 Å². The van der Waals surface area contributed by atoms with E-state index >= 15 is 0 Å². The molecule has 1 heterocycles. The Morgan fingerprint density at radius 2 is 2.00 bits per heavy atom. The van der Waals surface area contributed by atoms with Crippen LogP contribution in [-0.2, 0) is 16.4 Å². The topological polar surface area (TPSA) is 55.4 Å². The van der Waals surface area contributed by atoms with Crippen LogP contribution in [-0.4, -0.2) is 20.8 Å². The Bertz CT molecular complexity index is 830. The fraction of sp³-hybridized carbons (Fsp3) is 0.368. The van der Waals surface area contributed by atoms with Crippen LogP contribution in [0.5, 0.6) is 5.75 Å². The standard InChI is InChI=1S/C19H23NO3S/c1-3-23-18-9-8-15(12-14(18)2)13-20-17-10-11-24(21,22)19-7-5-4-6-16(17)19/h4-9,12,17,20H,3,10-11,13H2,1-2H3/t17-/m1/s1. The number of fused-ring (bicyclic) bond motifs is 1. The minimum atomic E-state index is -3.13. The van der Waals surface area contributed by atoms with Gasteiger partial charge in [-0.2, -0.15) is 0 Å². The summed E-state index contributed by atoms with van der Waals surface area (Å²) in [5.74, 6) is 1.11. The molecule has 5 heteroatoms. The van der Waals surface area contributed by atoms with Gasteiger partial charge in [0.25, 0.3) is 0 Å². The van der Waals surface area contributed by atoms with E-state index in [9.17, 15) is 8.42 Å². The molecule has 3 rings (SSSR count). The normalized spacial score (nSPS) is 18.8. The van der Waals surface area contributed by atoms with Crippen molar-refractivity contribution in [3.8, 4) is 5.75 Å². The van der Waals surface area contributed by atoms with Crippen molar-refractivity contribution in [3.63, 3.8) is 0 Å². The van der Waals surface area contributed by atoms with Crippen LogP contribution < -0.4 is 10.1 Å². The van der Waals surface area contributed by atoms with Crippen LogP contribution in [0.2, 0.25) is 0 Å². The zero-order valence-corrected chi connectivity index (χ0v) is 14.9. The van der Waals surface area contributed by atoms with Crippen molar-refractivity contribution in [1.82, 2.24) is 5.32 Å². The van der Waals surface area contributed by atoms with Gasteiger partial charge in [-0.05, 0) is 49.1 Å². The first kappa shape index (κ1) is 17.0. The molecule has 0 bridgehead atoms. The third-order valence-electron chi connectivity index (χ3n) is 4.40. The van der Waals surface area contributed by atoms with Gasteiger partial charge in [0, 0.05) is 12.6 Å². The molecule has 0 spiro atoms. The monoisotopic (exact) mass is 345 g/mol. The van der Waals surface area contributed by atoms with Gasteiger partial charge >= 0.3 is 0 Å². The number of nitrogens with one attached hydrogen (secondary N) is 1. The first-order chi connectivity index (χ1) is 11.5. The van der Waals surface area contributed by atoms with Gasteiger partial charge in [-0.15, -0.1) is 0 Å². The van der Waals surface area contributed by atoms with E-state index in [-0.39, 0.29) is 11.8 Å². The van der Waals surface area contributed by atoms with Gasteiger partial charge in [-0.1, -0.05) is 30.3 Å². The van der Waals surface area contributed by atoms with E-state index in [2.05, 4.69) is 17.4 Å². The number of ether oxygens (including phenoxy) is 1. The van der Waals surface area contributed by atoms with Crippen molar-refractivity contribution in [2.45, 2.75) is 37.8 Å². The lowest BCUT2D eigenvalue weighted by molar-refractivity contribution is 0.337. The molecule has 0 aromatic heterocycles. The van der Waals surface area contributed by atoms with Crippen molar-refractivity contribution in [2.24, 2.45) is 0 Å². The van der Waals surface area contributed by atoms with Crippen LogP contribution in [0.25, 0.3) is 0 Å². The maximum Gasteiger partial charge on any atom is 0.178 e. The van der Waals surface area contributed by atoms with Crippen LogP contribution in [0.4, 0.5) is 0 Å². The highest BCUT2D eigenvalue weighted by molar-refractivity contribution is 7.91. The quantitative estimate of drug-likeness (QED) is 0.902. The molecule has 2 aromatic rings. The van der Waals surface area contributed by atoms with Crippen LogP contribution in [0, 0.1) is 6.92 Å². The minimum Gasteiger partial charge on any atom is -0.494 e. The Hall–Kier alpha value is -1.85. The van der Waals surface area contributed by atoms with Gasteiger partial charge in [0.15, 0.2) is 9.84 Å². The van der Waals surface area contributed by atoms with Gasteiger partial charge in [-0.3, -0.25) is 0 Å². The summed E-state index contributed by atoms with van der Waals surface area (Å²) < 4.78 is 30.0. The third-order valence-corrected chi connectivity index (χ3v) is 6.21. The van der Waals surface area contributed by atoms with Gasteiger partial charge in [0.05, 0.1) is 17.3 Å². The van der Waals surface area contributed by atoms with Crippen LogP contribution >= 0.6 is 0 Å². The van der Waals surface area contributed by atoms with Crippen molar-refractivity contribution >= 4 is 9.84 Å². The first-order valence-corrected chi connectivity index (χ1v) is 9.94. The number of hydrogen-bond donors (Lipinski definition) is 1.